The SMILES string of the molecule is CC(O)c1ccc(N(C)CCc2cccs2)c(Br)c1. The normalized spacial score (nSPS) is 12.4. The second-order valence-electron chi connectivity index (χ2n) is 4.64. The number of nitrogens with zero attached hydrogens (tertiary/aromatic N) is 1. The average Bonchev–Trinajstić information content (AvgIpc) is 2.88. The zero-order valence-corrected chi connectivity index (χ0v) is 13.5. The van der Waals surface area contributed by atoms with Gasteiger partial charge in [-0.3, -0.25) is 0 Å². The van der Waals surface area contributed by atoms with E-state index in [0.717, 1.165) is 28.7 Å². The number of likely N-dealkylation sites (N-methyl/N-ethyl adjacent to an activating group) is 1. The van der Waals surface area contributed by atoms with Crippen molar-refractivity contribution in [2.75, 3.05) is 18.5 Å². The third-order valence-corrected chi connectivity index (χ3v) is 4.71. The monoisotopic (exact) mass is 339 g/mol. The van der Waals surface area contributed by atoms with E-state index in [0.29, 0.717) is 0 Å². The lowest BCUT2D eigenvalue weighted by atomic mass is 10.1. The highest BCUT2D eigenvalue weighted by molar-refractivity contribution is 9.10. The molecule has 2 rings (SSSR count). The Bertz CT molecular complexity index is 525. The zero-order valence-electron chi connectivity index (χ0n) is 11.1. The van der Waals surface area contributed by atoms with Crippen molar-refractivity contribution >= 4 is 33.0 Å². The maximum Gasteiger partial charge on any atom is 0.0762 e. The smallest absolute Gasteiger partial charge is 0.0762 e. The van der Waals surface area contributed by atoms with Crippen LogP contribution >= 0.6 is 27.3 Å². The molecule has 102 valence electrons. The highest BCUT2D eigenvalue weighted by Gasteiger charge is 2.09. The van der Waals surface area contributed by atoms with Gasteiger partial charge in [-0.25, -0.2) is 0 Å². The van der Waals surface area contributed by atoms with Gasteiger partial charge in [0.15, 0.2) is 0 Å². The van der Waals surface area contributed by atoms with Gasteiger partial charge in [-0.15, -0.1) is 11.3 Å². The van der Waals surface area contributed by atoms with E-state index in [9.17, 15) is 5.11 Å². The zero-order chi connectivity index (χ0) is 13.8. The van der Waals surface area contributed by atoms with E-state index in [1.54, 1.807) is 18.3 Å². The van der Waals surface area contributed by atoms with Gasteiger partial charge in [0.25, 0.3) is 0 Å². The summed E-state index contributed by atoms with van der Waals surface area (Å²) in [6, 6.07) is 10.3. The molecule has 0 aliphatic carbocycles. The second-order valence-corrected chi connectivity index (χ2v) is 6.52. The van der Waals surface area contributed by atoms with Crippen LogP contribution in [0.25, 0.3) is 0 Å². The molecule has 0 saturated carbocycles. The first-order chi connectivity index (χ1) is 9.08. The molecule has 0 aliphatic rings. The van der Waals surface area contributed by atoms with Crippen molar-refractivity contribution in [3.05, 3.63) is 50.6 Å². The molecule has 2 nitrogen and oxygen atoms in total. The standard InChI is InChI=1S/C15H18BrNOS/c1-11(18)12-5-6-15(14(16)10-12)17(2)8-7-13-4-3-9-19-13/h3-6,9-11,18H,7-8H2,1-2H3. The van der Waals surface area contributed by atoms with Crippen LogP contribution in [0.4, 0.5) is 5.69 Å². The number of thiophene rings is 1. The van der Waals surface area contributed by atoms with E-state index in [4.69, 9.17) is 0 Å². The Morgan fingerprint density at radius 1 is 1.37 bits per heavy atom. The van der Waals surface area contributed by atoms with Gasteiger partial charge in [-0.1, -0.05) is 12.1 Å². The molecule has 0 amide bonds. The maximum absolute atomic E-state index is 9.57. The molecule has 1 aromatic carbocycles. The van der Waals surface area contributed by atoms with Crippen LogP contribution < -0.4 is 4.90 Å². The molecule has 0 fully saturated rings. The molecule has 4 heteroatoms. The summed E-state index contributed by atoms with van der Waals surface area (Å²) in [6.07, 6.45) is 0.625. The molecular formula is C15H18BrNOS. The fraction of sp³-hybridized carbons (Fsp3) is 0.333. The number of halogens is 1. The van der Waals surface area contributed by atoms with Crippen molar-refractivity contribution in [3.8, 4) is 0 Å². The van der Waals surface area contributed by atoms with Crippen LogP contribution in [0.5, 0.6) is 0 Å². The summed E-state index contributed by atoms with van der Waals surface area (Å²) in [5.74, 6) is 0. The molecule has 1 heterocycles. The molecule has 0 spiro atoms. The summed E-state index contributed by atoms with van der Waals surface area (Å²) < 4.78 is 1.03. The largest absolute Gasteiger partial charge is 0.389 e. The Morgan fingerprint density at radius 2 is 2.16 bits per heavy atom. The van der Waals surface area contributed by atoms with Gasteiger partial charge in [-0.05, 0) is 58.4 Å². The minimum absolute atomic E-state index is 0.429. The van der Waals surface area contributed by atoms with Gasteiger partial charge in [-0.2, -0.15) is 0 Å². The Morgan fingerprint density at radius 3 is 2.74 bits per heavy atom. The van der Waals surface area contributed by atoms with E-state index < -0.39 is 6.10 Å². The Hall–Kier alpha value is -0.840. The maximum atomic E-state index is 9.57. The first-order valence-corrected chi connectivity index (χ1v) is 7.96. The minimum Gasteiger partial charge on any atom is -0.389 e. The first-order valence-electron chi connectivity index (χ1n) is 6.29. The van der Waals surface area contributed by atoms with Crippen molar-refractivity contribution in [1.82, 2.24) is 0 Å². The third kappa shape index (κ3) is 3.81. The summed E-state index contributed by atoms with van der Waals surface area (Å²) >= 11 is 5.38. The molecule has 1 unspecified atom stereocenters. The number of aliphatic hydroxyl groups is 1. The van der Waals surface area contributed by atoms with E-state index in [1.165, 1.54) is 4.88 Å². The van der Waals surface area contributed by atoms with Crippen molar-refractivity contribution in [3.63, 3.8) is 0 Å². The first kappa shape index (κ1) is 14.6. The van der Waals surface area contributed by atoms with E-state index in [1.807, 2.05) is 12.1 Å². The van der Waals surface area contributed by atoms with Crippen LogP contribution in [0.3, 0.4) is 0 Å². The predicted molar refractivity (Wildman–Crippen MR) is 86.1 cm³/mol. The lowest BCUT2D eigenvalue weighted by molar-refractivity contribution is 0.199. The van der Waals surface area contributed by atoms with Crippen LogP contribution in [-0.2, 0) is 6.42 Å². The fourth-order valence-electron chi connectivity index (χ4n) is 1.95. The van der Waals surface area contributed by atoms with Gasteiger partial charge in [0.05, 0.1) is 11.8 Å². The molecule has 2 aromatic rings. The highest BCUT2D eigenvalue weighted by Crippen LogP contribution is 2.29. The van der Waals surface area contributed by atoms with E-state index in [2.05, 4.69) is 51.5 Å². The molecular weight excluding hydrogens is 322 g/mol. The predicted octanol–water partition coefficient (Wildman–Crippen LogP) is 4.24. The lowest BCUT2D eigenvalue weighted by Crippen LogP contribution is -2.20. The van der Waals surface area contributed by atoms with Crippen molar-refractivity contribution in [2.24, 2.45) is 0 Å². The summed E-state index contributed by atoms with van der Waals surface area (Å²) in [5.41, 5.74) is 2.09. The second kappa shape index (κ2) is 6.55. The van der Waals surface area contributed by atoms with Crippen LogP contribution in [0.15, 0.2) is 40.2 Å². The number of hydrogen-bond acceptors (Lipinski definition) is 3. The van der Waals surface area contributed by atoms with Crippen LogP contribution in [0.2, 0.25) is 0 Å². The van der Waals surface area contributed by atoms with Gasteiger partial charge in [0.2, 0.25) is 0 Å². The minimum atomic E-state index is -0.429. The summed E-state index contributed by atoms with van der Waals surface area (Å²) in [5, 5.41) is 11.7. The highest BCUT2D eigenvalue weighted by atomic mass is 79.9. The average molecular weight is 340 g/mol. The molecule has 0 bridgehead atoms. The Labute approximate surface area is 126 Å². The molecule has 1 N–H and O–H groups in total. The lowest BCUT2D eigenvalue weighted by Gasteiger charge is -2.21. The molecule has 0 radical (unpaired) electrons. The molecule has 1 aromatic heterocycles. The van der Waals surface area contributed by atoms with E-state index >= 15 is 0 Å². The molecule has 0 saturated heterocycles. The number of benzene rings is 1. The Balaban J connectivity index is 2.04. The number of anilines is 1. The Kier molecular flexibility index (Phi) is 5.02. The summed E-state index contributed by atoms with van der Waals surface area (Å²) in [4.78, 5) is 3.64. The van der Waals surface area contributed by atoms with E-state index in [-0.39, 0.29) is 0 Å². The quantitative estimate of drug-likeness (QED) is 0.880. The topological polar surface area (TPSA) is 23.5 Å². The molecule has 0 aliphatic heterocycles. The molecule has 19 heavy (non-hydrogen) atoms. The van der Waals surface area contributed by atoms with Crippen molar-refractivity contribution in [1.29, 1.82) is 0 Å². The van der Waals surface area contributed by atoms with Gasteiger partial charge in [0.1, 0.15) is 0 Å². The summed E-state index contributed by atoms with van der Waals surface area (Å²) in [7, 11) is 2.09. The van der Waals surface area contributed by atoms with Crippen molar-refractivity contribution < 1.29 is 5.11 Å². The van der Waals surface area contributed by atoms with Gasteiger partial charge >= 0.3 is 0 Å². The van der Waals surface area contributed by atoms with Crippen LogP contribution in [0.1, 0.15) is 23.5 Å². The third-order valence-electron chi connectivity index (χ3n) is 3.14. The molecule has 1 atom stereocenters. The van der Waals surface area contributed by atoms with Gasteiger partial charge in [0, 0.05) is 22.9 Å². The van der Waals surface area contributed by atoms with Gasteiger partial charge < -0.3 is 10.0 Å². The number of aliphatic hydroxyl groups excluding tert-OH is 1. The number of hydrogen-bond donors (Lipinski definition) is 1. The van der Waals surface area contributed by atoms with Crippen LogP contribution in [-0.4, -0.2) is 18.7 Å². The summed E-state index contributed by atoms with van der Waals surface area (Å²) in [6.45, 7) is 2.76. The van der Waals surface area contributed by atoms with Crippen molar-refractivity contribution in [2.45, 2.75) is 19.4 Å². The number of rotatable bonds is 5. The van der Waals surface area contributed by atoms with Crippen LogP contribution in [0, 0.1) is 0 Å². The fourth-order valence-corrected chi connectivity index (χ4v) is 3.34.